The topological polar surface area (TPSA) is 114 Å². The second kappa shape index (κ2) is 9.36. The quantitative estimate of drug-likeness (QED) is 0.355. The number of nitrogens with two attached hydrogens (primary N) is 1. The first kappa shape index (κ1) is 23.0. The van der Waals surface area contributed by atoms with Crippen LogP contribution >= 0.6 is 11.3 Å². The molecular weight excluding hydrogens is 456 g/mol. The molecule has 9 heteroatoms. The molecule has 0 bridgehead atoms. The van der Waals surface area contributed by atoms with Crippen molar-refractivity contribution in [1.82, 2.24) is 5.43 Å². The maximum absolute atomic E-state index is 12.6. The number of anilines is 2. The summed E-state index contributed by atoms with van der Waals surface area (Å²) in [5.41, 5.74) is 13.3. The Morgan fingerprint density at radius 3 is 2.36 bits per heavy atom. The number of sulfonamides is 1. The number of hydrazone groups is 1. The second-order valence-corrected chi connectivity index (χ2v) is 10.9. The lowest BCUT2D eigenvalue weighted by Gasteiger charge is -2.10. The number of nitrogens with zero attached hydrogens (tertiary/aromatic N) is 1. The zero-order valence-electron chi connectivity index (χ0n) is 18.5. The predicted molar refractivity (Wildman–Crippen MR) is 133 cm³/mol. The first-order valence-corrected chi connectivity index (χ1v) is 13.0. The Balaban J connectivity index is 1.43. The maximum atomic E-state index is 12.6. The molecule has 2 aromatic carbocycles. The Morgan fingerprint density at radius 2 is 1.70 bits per heavy atom. The number of aryl methyl sites for hydroxylation is 2. The molecule has 33 heavy (non-hydrogen) atoms. The highest BCUT2D eigenvalue weighted by Gasteiger charge is 2.22. The molecule has 4 rings (SSSR count). The van der Waals surface area contributed by atoms with Crippen molar-refractivity contribution >= 4 is 44.4 Å². The molecule has 0 saturated heterocycles. The first-order chi connectivity index (χ1) is 15.7. The van der Waals surface area contributed by atoms with Crippen LogP contribution < -0.4 is 15.9 Å². The van der Waals surface area contributed by atoms with Gasteiger partial charge in [0.25, 0.3) is 15.9 Å². The molecule has 0 unspecified atom stereocenters. The van der Waals surface area contributed by atoms with Crippen molar-refractivity contribution in [3.05, 3.63) is 75.0 Å². The third-order valence-corrected chi connectivity index (χ3v) is 8.33. The van der Waals surface area contributed by atoms with E-state index in [0.29, 0.717) is 22.0 Å². The number of carbonyl (C=O) groups is 1. The molecule has 0 saturated carbocycles. The number of fused-ring (bicyclic) bond motifs is 1. The SMILES string of the molecule is C/C(=N/NC(=O)c1sc2c(c1N)CCCC2)c1ccc(NS(=O)(=O)c2ccc(C)cc2)cc1. The molecule has 0 spiro atoms. The number of carbonyl (C=O) groups excluding carboxylic acids is 1. The number of hydrogen-bond acceptors (Lipinski definition) is 6. The zero-order chi connectivity index (χ0) is 23.6. The summed E-state index contributed by atoms with van der Waals surface area (Å²) >= 11 is 1.45. The summed E-state index contributed by atoms with van der Waals surface area (Å²) in [5, 5.41) is 4.21. The van der Waals surface area contributed by atoms with Crippen LogP contribution in [0.4, 0.5) is 11.4 Å². The Hall–Kier alpha value is -3.17. The van der Waals surface area contributed by atoms with Crippen LogP contribution in [0, 0.1) is 6.92 Å². The fraction of sp³-hybridized carbons (Fsp3) is 0.250. The molecule has 4 N–H and O–H groups in total. The average Bonchev–Trinajstić information content (AvgIpc) is 3.14. The third kappa shape index (κ3) is 5.09. The fourth-order valence-corrected chi connectivity index (χ4v) is 5.98. The van der Waals surface area contributed by atoms with Crippen molar-refractivity contribution < 1.29 is 13.2 Å². The highest BCUT2D eigenvalue weighted by molar-refractivity contribution is 7.92. The van der Waals surface area contributed by atoms with Gasteiger partial charge in [0.2, 0.25) is 0 Å². The molecule has 1 heterocycles. The monoisotopic (exact) mass is 482 g/mol. The van der Waals surface area contributed by atoms with E-state index >= 15 is 0 Å². The van der Waals surface area contributed by atoms with Crippen molar-refractivity contribution in [2.75, 3.05) is 10.5 Å². The van der Waals surface area contributed by atoms with Crippen LogP contribution in [-0.2, 0) is 22.9 Å². The Labute approximate surface area is 197 Å². The van der Waals surface area contributed by atoms with Crippen LogP contribution in [0.15, 0.2) is 58.5 Å². The molecule has 1 amide bonds. The van der Waals surface area contributed by atoms with E-state index in [1.807, 2.05) is 6.92 Å². The van der Waals surface area contributed by atoms with Crippen LogP contribution in [0.5, 0.6) is 0 Å². The van der Waals surface area contributed by atoms with Gasteiger partial charge in [0.1, 0.15) is 4.88 Å². The zero-order valence-corrected chi connectivity index (χ0v) is 20.1. The van der Waals surface area contributed by atoms with Crippen LogP contribution in [0.1, 0.15) is 51.0 Å². The molecule has 172 valence electrons. The van der Waals surface area contributed by atoms with E-state index in [-0.39, 0.29) is 10.8 Å². The summed E-state index contributed by atoms with van der Waals surface area (Å²) in [6, 6.07) is 13.5. The molecule has 0 radical (unpaired) electrons. The number of amides is 1. The Morgan fingerprint density at radius 1 is 1.03 bits per heavy atom. The Bertz CT molecular complexity index is 1310. The van der Waals surface area contributed by atoms with Gasteiger partial charge in [-0.2, -0.15) is 5.10 Å². The fourth-order valence-electron chi connectivity index (χ4n) is 3.72. The third-order valence-electron chi connectivity index (χ3n) is 5.63. The number of thiophene rings is 1. The van der Waals surface area contributed by atoms with Crippen LogP contribution in [0.2, 0.25) is 0 Å². The summed E-state index contributed by atoms with van der Waals surface area (Å²) in [7, 11) is -3.67. The van der Waals surface area contributed by atoms with Gasteiger partial charge in [-0.1, -0.05) is 29.8 Å². The van der Waals surface area contributed by atoms with Gasteiger partial charge in [-0.3, -0.25) is 9.52 Å². The van der Waals surface area contributed by atoms with Gasteiger partial charge >= 0.3 is 0 Å². The second-order valence-electron chi connectivity index (χ2n) is 8.09. The first-order valence-electron chi connectivity index (χ1n) is 10.7. The normalized spacial score (nSPS) is 13.9. The van der Waals surface area contributed by atoms with E-state index in [2.05, 4.69) is 15.2 Å². The molecule has 1 aromatic heterocycles. The standard InChI is InChI=1S/C24H26N4O3S2/c1-15-7-13-19(14-8-15)33(30,31)28-18-11-9-17(10-12-18)16(2)26-27-24(29)23-22(25)20-5-3-4-6-21(20)32-23/h7-14,28H,3-6,25H2,1-2H3,(H,27,29)/b26-16-. The van der Waals surface area contributed by atoms with Gasteiger partial charge < -0.3 is 5.73 Å². The smallest absolute Gasteiger partial charge is 0.283 e. The molecular formula is C24H26N4O3S2. The van der Waals surface area contributed by atoms with Crippen molar-refractivity contribution in [2.45, 2.75) is 44.4 Å². The minimum absolute atomic E-state index is 0.201. The largest absolute Gasteiger partial charge is 0.397 e. The molecule has 0 aliphatic heterocycles. The summed E-state index contributed by atoms with van der Waals surface area (Å²) in [6.07, 6.45) is 4.12. The van der Waals surface area contributed by atoms with Gasteiger partial charge in [0.15, 0.2) is 0 Å². The van der Waals surface area contributed by atoms with E-state index in [4.69, 9.17) is 5.73 Å². The number of nitrogens with one attached hydrogen (secondary N) is 2. The summed E-state index contributed by atoms with van der Waals surface area (Å²) in [6.45, 7) is 3.67. The van der Waals surface area contributed by atoms with E-state index in [9.17, 15) is 13.2 Å². The van der Waals surface area contributed by atoms with Crippen molar-refractivity contribution in [3.63, 3.8) is 0 Å². The van der Waals surface area contributed by atoms with E-state index < -0.39 is 10.0 Å². The molecule has 3 aromatic rings. The highest BCUT2D eigenvalue weighted by Crippen LogP contribution is 2.36. The lowest BCUT2D eigenvalue weighted by molar-refractivity contribution is 0.0959. The molecule has 1 aliphatic carbocycles. The summed E-state index contributed by atoms with van der Waals surface area (Å²) in [4.78, 5) is 14.5. The Kier molecular flexibility index (Phi) is 6.53. The van der Waals surface area contributed by atoms with Crippen LogP contribution in [-0.4, -0.2) is 20.0 Å². The van der Waals surface area contributed by atoms with E-state index in [0.717, 1.165) is 42.4 Å². The minimum Gasteiger partial charge on any atom is -0.397 e. The van der Waals surface area contributed by atoms with Gasteiger partial charge in [-0.15, -0.1) is 11.3 Å². The average molecular weight is 483 g/mol. The number of benzene rings is 2. The van der Waals surface area contributed by atoms with Gasteiger partial charge in [-0.25, -0.2) is 13.8 Å². The van der Waals surface area contributed by atoms with Gasteiger partial charge in [0.05, 0.1) is 16.3 Å². The maximum Gasteiger partial charge on any atom is 0.283 e. The predicted octanol–water partition coefficient (Wildman–Crippen LogP) is 4.47. The summed E-state index contributed by atoms with van der Waals surface area (Å²) in [5.74, 6) is -0.311. The lowest BCUT2D eigenvalue weighted by atomic mass is 9.98. The number of hydrogen-bond donors (Lipinski definition) is 3. The van der Waals surface area contributed by atoms with Crippen molar-refractivity contribution in [3.8, 4) is 0 Å². The highest BCUT2D eigenvalue weighted by atomic mass is 32.2. The lowest BCUT2D eigenvalue weighted by Crippen LogP contribution is -2.19. The van der Waals surface area contributed by atoms with Crippen LogP contribution in [0.25, 0.3) is 0 Å². The molecule has 0 atom stereocenters. The molecule has 0 fully saturated rings. The number of rotatable bonds is 6. The van der Waals surface area contributed by atoms with Gasteiger partial charge in [0, 0.05) is 10.6 Å². The molecule has 7 nitrogen and oxygen atoms in total. The van der Waals surface area contributed by atoms with Crippen LogP contribution in [0.3, 0.4) is 0 Å². The molecule has 1 aliphatic rings. The van der Waals surface area contributed by atoms with Crippen molar-refractivity contribution in [1.29, 1.82) is 0 Å². The summed E-state index contributed by atoms with van der Waals surface area (Å²) < 4.78 is 27.7. The minimum atomic E-state index is -3.67. The van der Waals surface area contributed by atoms with E-state index in [1.54, 1.807) is 55.5 Å². The van der Waals surface area contributed by atoms with Crippen molar-refractivity contribution in [2.24, 2.45) is 5.10 Å². The van der Waals surface area contributed by atoms with Gasteiger partial charge in [-0.05, 0) is 74.9 Å². The van der Waals surface area contributed by atoms with E-state index in [1.165, 1.54) is 16.2 Å². The number of nitrogen functional groups attached to an aromatic ring is 1.